The molecule has 2 aromatic rings. The third-order valence-electron chi connectivity index (χ3n) is 1.79. The predicted octanol–water partition coefficient (Wildman–Crippen LogP) is 2.46. The Labute approximate surface area is 87.7 Å². The number of hydrogen-bond acceptors (Lipinski definition) is 2. The SMILES string of the molecule is O=c1c(OI)c1-c1cccc(F)c1. The molecule has 2 rings (SSSR count). The van der Waals surface area contributed by atoms with E-state index >= 15 is 0 Å². The molecule has 0 unspecified atom stereocenters. The molecule has 0 heterocycles. The van der Waals surface area contributed by atoms with Gasteiger partial charge in [0.05, 0.1) is 5.56 Å². The van der Waals surface area contributed by atoms with E-state index in [0.29, 0.717) is 16.9 Å². The van der Waals surface area contributed by atoms with Crippen LogP contribution in [0.2, 0.25) is 0 Å². The third kappa shape index (κ3) is 1.46. The van der Waals surface area contributed by atoms with E-state index in [1.54, 1.807) is 35.1 Å². The maximum Gasteiger partial charge on any atom is 0.234 e. The minimum atomic E-state index is -0.350. The molecule has 0 aliphatic carbocycles. The molecule has 66 valence electrons. The number of benzene rings is 1. The lowest BCUT2D eigenvalue weighted by Crippen LogP contribution is -1.78. The van der Waals surface area contributed by atoms with Crippen molar-refractivity contribution in [3.05, 3.63) is 40.3 Å². The van der Waals surface area contributed by atoms with Gasteiger partial charge in [0.1, 0.15) is 5.82 Å². The van der Waals surface area contributed by atoms with Gasteiger partial charge in [0.25, 0.3) is 0 Å². The van der Waals surface area contributed by atoms with Crippen LogP contribution in [0, 0.1) is 5.82 Å². The van der Waals surface area contributed by atoms with Gasteiger partial charge in [0, 0.05) is 0 Å². The highest BCUT2D eigenvalue weighted by Gasteiger charge is 2.25. The molecule has 0 N–H and O–H groups in total. The Morgan fingerprint density at radius 2 is 2.15 bits per heavy atom. The summed E-state index contributed by atoms with van der Waals surface area (Å²) >= 11 is 1.63. The highest BCUT2D eigenvalue weighted by Crippen LogP contribution is 2.33. The van der Waals surface area contributed by atoms with E-state index in [9.17, 15) is 9.18 Å². The van der Waals surface area contributed by atoms with Crippen LogP contribution in [-0.2, 0) is 0 Å². The van der Waals surface area contributed by atoms with Gasteiger partial charge in [-0.25, -0.2) is 4.39 Å². The molecule has 0 saturated heterocycles. The zero-order valence-corrected chi connectivity index (χ0v) is 8.54. The van der Waals surface area contributed by atoms with Gasteiger partial charge in [0.15, 0.2) is 28.8 Å². The molecule has 0 fully saturated rings. The summed E-state index contributed by atoms with van der Waals surface area (Å²) in [5, 5.41) is 0. The van der Waals surface area contributed by atoms with Crippen LogP contribution in [0.25, 0.3) is 11.1 Å². The minimum absolute atomic E-state index is 0.139. The molecular formula is C9H4FIO2. The third-order valence-corrected chi connectivity index (χ3v) is 2.23. The maximum absolute atomic E-state index is 12.7. The fourth-order valence-electron chi connectivity index (χ4n) is 1.13. The number of halogens is 2. The summed E-state index contributed by atoms with van der Waals surface area (Å²) in [6.45, 7) is 0. The molecule has 2 aromatic carbocycles. The van der Waals surface area contributed by atoms with Crippen LogP contribution in [-0.4, -0.2) is 0 Å². The molecule has 0 saturated carbocycles. The summed E-state index contributed by atoms with van der Waals surface area (Å²) in [6, 6.07) is 5.89. The van der Waals surface area contributed by atoms with Crippen molar-refractivity contribution in [2.24, 2.45) is 0 Å². The average molecular weight is 290 g/mol. The van der Waals surface area contributed by atoms with E-state index in [1.165, 1.54) is 12.1 Å². The lowest BCUT2D eigenvalue weighted by molar-refractivity contribution is 0.628. The summed E-state index contributed by atoms with van der Waals surface area (Å²) in [4.78, 5) is 11.0. The Kier molecular flexibility index (Phi) is 2.07. The van der Waals surface area contributed by atoms with Crippen molar-refractivity contribution in [1.29, 1.82) is 0 Å². The summed E-state index contributed by atoms with van der Waals surface area (Å²) in [7, 11) is 0. The van der Waals surface area contributed by atoms with Crippen LogP contribution in [0.1, 0.15) is 0 Å². The van der Waals surface area contributed by atoms with E-state index in [2.05, 4.69) is 0 Å². The molecular weight excluding hydrogens is 286 g/mol. The van der Waals surface area contributed by atoms with Crippen molar-refractivity contribution in [2.45, 2.75) is 0 Å². The Morgan fingerprint density at radius 3 is 2.69 bits per heavy atom. The molecule has 0 bridgehead atoms. The predicted molar refractivity (Wildman–Crippen MR) is 55.1 cm³/mol. The molecule has 0 atom stereocenters. The summed E-state index contributed by atoms with van der Waals surface area (Å²) in [6.07, 6.45) is 0. The van der Waals surface area contributed by atoms with Gasteiger partial charge in [-0.15, -0.1) is 0 Å². The van der Waals surface area contributed by atoms with Crippen LogP contribution >= 0.6 is 23.0 Å². The molecule has 0 radical (unpaired) electrons. The Bertz CT molecular complexity index is 457. The second-order valence-electron chi connectivity index (χ2n) is 2.62. The van der Waals surface area contributed by atoms with Crippen molar-refractivity contribution in [2.75, 3.05) is 0 Å². The molecule has 2 nitrogen and oxygen atoms in total. The fraction of sp³-hybridized carbons (Fsp3) is 0. The Morgan fingerprint density at radius 1 is 1.38 bits per heavy atom. The summed E-state index contributed by atoms with van der Waals surface area (Å²) in [5.41, 5.74) is 0.922. The molecule has 0 aromatic heterocycles. The second-order valence-corrected chi connectivity index (χ2v) is 3.06. The van der Waals surface area contributed by atoms with Crippen LogP contribution in [0.3, 0.4) is 0 Å². The Balaban J connectivity index is 2.43. The average Bonchev–Trinajstić information content (AvgIpc) is 2.76. The van der Waals surface area contributed by atoms with E-state index in [4.69, 9.17) is 3.07 Å². The van der Waals surface area contributed by atoms with Gasteiger partial charge in [-0.05, 0) is 17.7 Å². The summed E-state index contributed by atoms with van der Waals surface area (Å²) < 4.78 is 17.5. The van der Waals surface area contributed by atoms with E-state index in [1.807, 2.05) is 0 Å². The standard InChI is InChI=1S/C9H4FIO2/c10-6-3-1-2-5(4-6)7-8(12)9(7)13-11/h1-4H. The van der Waals surface area contributed by atoms with Gasteiger partial charge in [-0.3, -0.25) is 4.79 Å². The first-order chi connectivity index (χ1) is 6.24. The maximum atomic E-state index is 12.7. The normalized spacial score (nSPS) is 10.6. The second kappa shape index (κ2) is 3.10. The van der Waals surface area contributed by atoms with Gasteiger partial charge >= 0.3 is 0 Å². The van der Waals surface area contributed by atoms with Crippen molar-refractivity contribution < 1.29 is 7.46 Å². The monoisotopic (exact) mass is 290 g/mol. The van der Waals surface area contributed by atoms with Gasteiger partial charge in [-0.1, -0.05) is 12.1 Å². The first-order valence-corrected chi connectivity index (χ1v) is 4.45. The lowest BCUT2D eigenvalue weighted by Gasteiger charge is -1.91. The molecule has 4 heteroatoms. The quantitative estimate of drug-likeness (QED) is 0.794. The van der Waals surface area contributed by atoms with Crippen molar-refractivity contribution >= 4 is 23.0 Å². The zero-order chi connectivity index (χ0) is 9.42. The first kappa shape index (κ1) is 8.68. The van der Waals surface area contributed by atoms with Crippen LogP contribution in [0.4, 0.5) is 4.39 Å². The smallest absolute Gasteiger partial charge is 0.234 e. The lowest BCUT2D eigenvalue weighted by atomic mass is 10.2. The fourth-order valence-corrected chi connectivity index (χ4v) is 1.55. The Hall–Kier alpha value is -0.910. The van der Waals surface area contributed by atoms with E-state index in [0.717, 1.165) is 0 Å². The largest absolute Gasteiger partial charge is 0.423 e. The van der Waals surface area contributed by atoms with Gasteiger partial charge < -0.3 is 3.07 Å². The number of rotatable bonds is 2. The first-order valence-electron chi connectivity index (χ1n) is 3.57. The van der Waals surface area contributed by atoms with Crippen LogP contribution in [0.5, 0.6) is 5.75 Å². The highest BCUT2D eigenvalue weighted by molar-refractivity contribution is 14.1. The van der Waals surface area contributed by atoms with Crippen molar-refractivity contribution in [3.63, 3.8) is 0 Å². The summed E-state index contributed by atoms with van der Waals surface area (Å²) in [5.74, 6) is -0.0243. The highest BCUT2D eigenvalue weighted by atomic mass is 127. The van der Waals surface area contributed by atoms with Crippen LogP contribution in [0.15, 0.2) is 29.1 Å². The molecule has 0 aliphatic heterocycles. The zero-order valence-electron chi connectivity index (χ0n) is 6.38. The van der Waals surface area contributed by atoms with Crippen molar-refractivity contribution in [3.8, 4) is 16.9 Å². The van der Waals surface area contributed by atoms with Crippen molar-refractivity contribution in [1.82, 2.24) is 0 Å². The van der Waals surface area contributed by atoms with Crippen LogP contribution < -0.4 is 8.50 Å². The molecule has 0 amide bonds. The van der Waals surface area contributed by atoms with E-state index < -0.39 is 0 Å². The topological polar surface area (TPSA) is 26.3 Å². The molecule has 0 aliphatic rings. The molecule has 0 spiro atoms. The van der Waals surface area contributed by atoms with E-state index in [-0.39, 0.29) is 11.2 Å². The molecule has 13 heavy (non-hydrogen) atoms. The minimum Gasteiger partial charge on any atom is -0.423 e. The van der Waals surface area contributed by atoms with Gasteiger partial charge in [0.2, 0.25) is 5.43 Å². The van der Waals surface area contributed by atoms with Gasteiger partial charge in [-0.2, -0.15) is 0 Å². The number of hydrogen-bond donors (Lipinski definition) is 0.